The fraction of sp³-hybridized carbons (Fsp3) is 0.250. The van der Waals surface area contributed by atoms with Gasteiger partial charge in [0.25, 0.3) is 11.8 Å². The van der Waals surface area contributed by atoms with Crippen LogP contribution in [0.4, 0.5) is 31.1 Å². The van der Waals surface area contributed by atoms with Gasteiger partial charge in [0.2, 0.25) is 0 Å². The third-order valence-corrected chi connectivity index (χ3v) is 8.25. The maximum atomic E-state index is 15.3. The zero-order valence-corrected chi connectivity index (χ0v) is 22.8. The van der Waals surface area contributed by atoms with Crippen LogP contribution in [0.5, 0.6) is 5.88 Å². The van der Waals surface area contributed by atoms with Crippen molar-refractivity contribution in [2.75, 3.05) is 7.11 Å². The van der Waals surface area contributed by atoms with E-state index in [2.05, 4.69) is 15.2 Å². The lowest BCUT2D eigenvalue weighted by molar-refractivity contribution is -0.183. The largest absolute Gasteiger partial charge is 0.479 e. The van der Waals surface area contributed by atoms with Crippen LogP contribution in [0.1, 0.15) is 29.5 Å². The minimum atomic E-state index is -5.21. The summed E-state index contributed by atoms with van der Waals surface area (Å²) in [6.45, 7) is -0.340. The van der Waals surface area contributed by atoms with Crippen LogP contribution in [-0.2, 0) is 11.3 Å². The van der Waals surface area contributed by atoms with Crippen LogP contribution in [0, 0.1) is 17.5 Å². The number of methoxy groups -OCH3 is 1. The number of carbonyl (C=O) groups is 2. The van der Waals surface area contributed by atoms with Crippen LogP contribution in [0.15, 0.2) is 54.6 Å². The highest BCUT2D eigenvalue weighted by atomic mass is 32.1. The number of urea groups is 1. The molecule has 3 amide bonds. The third kappa shape index (κ3) is 4.96. The van der Waals surface area contributed by atoms with Gasteiger partial charge in [-0.2, -0.15) is 13.2 Å². The Kier molecular flexibility index (Phi) is 6.86. The molecule has 4 aromatic rings. The van der Waals surface area contributed by atoms with E-state index in [1.54, 1.807) is 0 Å². The number of alkyl halides is 3. The normalized spacial score (nSPS) is 16.7. The Hall–Kier alpha value is -4.53. The highest BCUT2D eigenvalue weighted by Gasteiger charge is 2.68. The zero-order valence-electron chi connectivity index (χ0n) is 22.0. The second-order valence-corrected chi connectivity index (χ2v) is 11.0. The van der Waals surface area contributed by atoms with Gasteiger partial charge in [0.05, 0.1) is 13.7 Å². The van der Waals surface area contributed by atoms with Crippen LogP contribution >= 0.6 is 11.3 Å². The summed E-state index contributed by atoms with van der Waals surface area (Å²) in [5, 5.41) is 8.38. The van der Waals surface area contributed by atoms with Crippen molar-refractivity contribution in [2.24, 2.45) is 0 Å². The highest BCUT2D eigenvalue weighted by molar-refractivity contribution is 7.14. The van der Waals surface area contributed by atoms with Crippen molar-refractivity contribution < 1.29 is 40.7 Å². The molecule has 15 heteroatoms. The molecular formula is C28H19F6N5O3S. The Morgan fingerprint density at radius 1 is 0.953 bits per heavy atom. The van der Waals surface area contributed by atoms with Crippen molar-refractivity contribution >= 4 is 23.3 Å². The topological polar surface area (TPSA) is 88.5 Å². The maximum absolute atomic E-state index is 15.3. The van der Waals surface area contributed by atoms with Crippen LogP contribution < -0.4 is 4.74 Å². The van der Waals surface area contributed by atoms with E-state index in [1.807, 2.05) is 0 Å². The van der Waals surface area contributed by atoms with Gasteiger partial charge < -0.3 is 9.64 Å². The van der Waals surface area contributed by atoms with Crippen LogP contribution in [0.2, 0.25) is 0 Å². The van der Waals surface area contributed by atoms with E-state index in [0.717, 1.165) is 46.6 Å². The fourth-order valence-electron chi connectivity index (χ4n) is 5.06. The van der Waals surface area contributed by atoms with Crippen molar-refractivity contribution in [1.29, 1.82) is 0 Å². The van der Waals surface area contributed by atoms with Gasteiger partial charge in [0, 0.05) is 5.56 Å². The Morgan fingerprint density at radius 3 is 2.28 bits per heavy atom. The average Bonchev–Trinajstić information content (AvgIpc) is 3.60. The number of carbonyl (C=O) groups excluding carboxylic acids is 2. The number of ether oxygens (including phenoxy) is 1. The Balaban J connectivity index is 1.30. The molecule has 1 aliphatic carbocycles. The molecule has 0 unspecified atom stereocenters. The number of hydrogen-bond acceptors (Lipinski definition) is 7. The van der Waals surface area contributed by atoms with Crippen molar-refractivity contribution in [3.8, 4) is 27.7 Å². The lowest BCUT2D eigenvalue weighted by Gasteiger charge is -2.29. The fourth-order valence-corrected chi connectivity index (χ4v) is 5.86. The molecule has 0 N–H and O–H groups in total. The summed E-state index contributed by atoms with van der Waals surface area (Å²) in [4.78, 5) is 32.0. The van der Waals surface area contributed by atoms with Crippen LogP contribution in [0.25, 0.3) is 21.8 Å². The number of hydrogen-bond donors (Lipinski definition) is 0. The molecule has 2 fully saturated rings. The van der Waals surface area contributed by atoms with Gasteiger partial charge >= 0.3 is 12.2 Å². The number of amides is 3. The highest BCUT2D eigenvalue weighted by Crippen LogP contribution is 2.53. The van der Waals surface area contributed by atoms with Crippen molar-refractivity contribution in [3.63, 3.8) is 0 Å². The second kappa shape index (κ2) is 10.3. The molecule has 1 saturated carbocycles. The van der Waals surface area contributed by atoms with E-state index >= 15 is 4.39 Å². The molecule has 2 aliphatic rings. The quantitative estimate of drug-likeness (QED) is 0.178. The number of nitrogens with zero attached hydrogens (tertiary/aromatic N) is 5. The summed E-state index contributed by atoms with van der Waals surface area (Å²) < 4.78 is 90.8. The molecule has 1 spiro atoms. The third-order valence-electron chi connectivity index (χ3n) is 7.32. The lowest BCUT2D eigenvalue weighted by atomic mass is 9.98. The first-order chi connectivity index (χ1) is 20.4. The Morgan fingerprint density at radius 2 is 1.65 bits per heavy atom. The zero-order chi connectivity index (χ0) is 30.7. The molecule has 1 saturated heterocycles. The van der Waals surface area contributed by atoms with Crippen LogP contribution in [0.3, 0.4) is 0 Å². The molecule has 0 radical (unpaired) electrons. The van der Waals surface area contributed by atoms with E-state index in [0.29, 0.717) is 5.56 Å². The van der Waals surface area contributed by atoms with Crippen molar-refractivity contribution in [2.45, 2.75) is 37.1 Å². The minimum Gasteiger partial charge on any atom is -0.479 e. The van der Waals surface area contributed by atoms with Crippen molar-refractivity contribution in [3.05, 3.63) is 82.6 Å². The van der Waals surface area contributed by atoms with Gasteiger partial charge in [-0.15, -0.1) is 10.2 Å². The first-order valence-electron chi connectivity index (χ1n) is 12.7. The molecule has 0 bridgehead atoms. The predicted octanol–water partition coefficient (Wildman–Crippen LogP) is 6.29. The first-order valence-corrected chi connectivity index (χ1v) is 13.6. The van der Waals surface area contributed by atoms with Gasteiger partial charge in [0.1, 0.15) is 27.9 Å². The summed E-state index contributed by atoms with van der Waals surface area (Å²) >= 11 is 0.952. The summed E-state index contributed by atoms with van der Waals surface area (Å²) in [5.41, 5.74) is -1.68. The van der Waals surface area contributed by atoms with Crippen molar-refractivity contribution in [1.82, 2.24) is 25.0 Å². The van der Waals surface area contributed by atoms with E-state index in [9.17, 15) is 31.5 Å². The van der Waals surface area contributed by atoms with Crippen LogP contribution in [-0.4, -0.2) is 55.7 Å². The summed E-state index contributed by atoms with van der Waals surface area (Å²) in [6.07, 6.45) is -4.97. The smallest absolute Gasteiger partial charge is 0.413 e. The molecule has 43 heavy (non-hydrogen) atoms. The average molecular weight is 620 g/mol. The standard InChI is InChI=1S/C28H19F6N5O3S/c1-42-23-18(30)8-9-20(35-23)24-37-36-21(43-24)13-38-26(41)39(25(40)27(38)10-11-27)22(28(32,33)34)17-7-4-15(12-19(17)31)14-2-5-16(29)6-3-14/h2-9,12,22H,10-11,13H2,1H3/t22-/m0/s1. The number of rotatable bonds is 7. The number of imide groups is 1. The van der Waals surface area contributed by atoms with E-state index < -0.39 is 52.7 Å². The molecule has 2 aromatic carbocycles. The first kappa shape index (κ1) is 28.6. The Bertz CT molecular complexity index is 1740. The molecule has 2 aromatic heterocycles. The van der Waals surface area contributed by atoms with Gasteiger partial charge in [-0.25, -0.2) is 27.8 Å². The van der Waals surface area contributed by atoms with Gasteiger partial charge in [0.15, 0.2) is 16.9 Å². The van der Waals surface area contributed by atoms with E-state index in [1.165, 1.54) is 31.4 Å². The summed E-state index contributed by atoms with van der Waals surface area (Å²) in [7, 11) is 1.23. The minimum absolute atomic E-state index is 0.0668. The predicted molar refractivity (Wildman–Crippen MR) is 140 cm³/mol. The molecule has 1 atom stereocenters. The molecule has 6 rings (SSSR count). The summed E-state index contributed by atoms with van der Waals surface area (Å²) in [6, 6.07) is 6.17. The SMILES string of the molecule is COc1nc(-c2nnc(CN3C(=O)N([C@@H](c4ccc(-c5ccc(F)cc5)cc4F)C(F)(F)F)C(=O)C34CC4)s2)ccc1F. The molecule has 222 valence electrons. The number of pyridine rings is 1. The lowest BCUT2D eigenvalue weighted by Crippen LogP contribution is -2.43. The van der Waals surface area contributed by atoms with E-state index in [4.69, 9.17) is 4.74 Å². The molecule has 8 nitrogen and oxygen atoms in total. The maximum Gasteiger partial charge on any atom is 0.413 e. The molecule has 3 heterocycles. The second-order valence-electron chi connectivity index (χ2n) is 9.95. The van der Waals surface area contributed by atoms with E-state index in [-0.39, 0.29) is 51.4 Å². The number of halogens is 6. The van der Waals surface area contributed by atoms with Gasteiger partial charge in [-0.1, -0.05) is 35.6 Å². The molecular weight excluding hydrogens is 600 g/mol. The van der Waals surface area contributed by atoms with Gasteiger partial charge in [-0.05, 0) is 54.3 Å². The van der Waals surface area contributed by atoms with Gasteiger partial charge in [-0.3, -0.25) is 4.79 Å². The Labute approximate surface area is 243 Å². The monoisotopic (exact) mass is 619 g/mol. The number of benzene rings is 2. The summed E-state index contributed by atoms with van der Waals surface area (Å²) in [5.74, 6) is -3.90. The number of aromatic nitrogens is 3. The molecule has 1 aliphatic heterocycles.